The maximum Gasteiger partial charge on any atom is 0.410 e. The Bertz CT molecular complexity index is 476. The van der Waals surface area contributed by atoms with Gasteiger partial charge in [-0.3, -0.25) is 0 Å². The van der Waals surface area contributed by atoms with Crippen LogP contribution in [0.5, 0.6) is 0 Å². The van der Waals surface area contributed by atoms with Crippen LogP contribution < -0.4 is 5.32 Å². The SMILES string of the molecule is CC1CCN(CCCCNC(=O)N2CCN(C(=O)OC(C)(C)C)CC2)CC1. The second-order valence-electron chi connectivity index (χ2n) is 8.92. The Balaban J connectivity index is 1.55. The molecule has 2 saturated heterocycles. The van der Waals surface area contributed by atoms with Gasteiger partial charge in [-0.05, 0) is 72.0 Å². The third kappa shape index (κ3) is 7.95. The van der Waals surface area contributed by atoms with Gasteiger partial charge < -0.3 is 24.8 Å². The van der Waals surface area contributed by atoms with Crippen molar-refractivity contribution < 1.29 is 14.3 Å². The molecule has 3 amide bonds. The van der Waals surface area contributed by atoms with Crippen LogP contribution in [-0.2, 0) is 4.74 Å². The van der Waals surface area contributed by atoms with Crippen molar-refractivity contribution in [2.75, 3.05) is 52.4 Å². The van der Waals surface area contributed by atoms with Crippen LogP contribution in [0.25, 0.3) is 0 Å². The number of piperazine rings is 1. The first-order chi connectivity index (χ1) is 12.7. The summed E-state index contributed by atoms with van der Waals surface area (Å²) in [6, 6.07) is -0.0226. The summed E-state index contributed by atoms with van der Waals surface area (Å²) in [4.78, 5) is 30.3. The van der Waals surface area contributed by atoms with Gasteiger partial charge in [0, 0.05) is 32.7 Å². The monoisotopic (exact) mass is 382 g/mol. The van der Waals surface area contributed by atoms with Crippen LogP contribution in [0, 0.1) is 5.92 Å². The van der Waals surface area contributed by atoms with Crippen LogP contribution in [-0.4, -0.2) is 84.8 Å². The fraction of sp³-hybridized carbons (Fsp3) is 0.900. The molecule has 0 bridgehead atoms. The highest BCUT2D eigenvalue weighted by molar-refractivity contribution is 5.75. The molecule has 2 fully saturated rings. The molecule has 2 aliphatic heterocycles. The number of urea groups is 1. The minimum Gasteiger partial charge on any atom is -0.444 e. The molecule has 2 rings (SSSR count). The number of hydrogen-bond acceptors (Lipinski definition) is 4. The molecule has 0 aromatic heterocycles. The van der Waals surface area contributed by atoms with Crippen LogP contribution in [0.15, 0.2) is 0 Å². The second-order valence-corrected chi connectivity index (χ2v) is 8.92. The fourth-order valence-corrected chi connectivity index (χ4v) is 3.47. The number of nitrogens with one attached hydrogen (secondary N) is 1. The predicted octanol–water partition coefficient (Wildman–Crippen LogP) is 2.76. The van der Waals surface area contributed by atoms with E-state index in [2.05, 4.69) is 17.1 Å². The van der Waals surface area contributed by atoms with Gasteiger partial charge in [0.25, 0.3) is 0 Å². The minimum atomic E-state index is -0.488. The first-order valence-corrected chi connectivity index (χ1v) is 10.5. The van der Waals surface area contributed by atoms with Crippen molar-refractivity contribution in [3.63, 3.8) is 0 Å². The van der Waals surface area contributed by atoms with E-state index in [1.807, 2.05) is 20.8 Å². The van der Waals surface area contributed by atoms with Gasteiger partial charge in [-0.2, -0.15) is 0 Å². The van der Waals surface area contributed by atoms with E-state index in [1.165, 1.54) is 25.9 Å². The Kier molecular flexibility index (Phi) is 8.20. The zero-order valence-electron chi connectivity index (χ0n) is 17.6. The summed E-state index contributed by atoms with van der Waals surface area (Å²) in [6.45, 7) is 14.4. The van der Waals surface area contributed by atoms with Gasteiger partial charge in [0.1, 0.15) is 5.60 Å². The quantitative estimate of drug-likeness (QED) is 0.743. The number of ether oxygens (including phenoxy) is 1. The van der Waals surface area contributed by atoms with Crippen LogP contribution in [0.4, 0.5) is 9.59 Å². The molecule has 0 spiro atoms. The number of amides is 3. The fourth-order valence-electron chi connectivity index (χ4n) is 3.47. The van der Waals surface area contributed by atoms with Gasteiger partial charge in [0.15, 0.2) is 0 Å². The molecule has 0 atom stereocenters. The lowest BCUT2D eigenvalue weighted by atomic mass is 9.99. The Morgan fingerprint density at radius 3 is 2.15 bits per heavy atom. The predicted molar refractivity (Wildman–Crippen MR) is 107 cm³/mol. The maximum absolute atomic E-state index is 12.3. The minimum absolute atomic E-state index is 0.0226. The normalized spacial score (nSPS) is 19.9. The summed E-state index contributed by atoms with van der Waals surface area (Å²) in [5.41, 5.74) is -0.488. The highest BCUT2D eigenvalue weighted by Crippen LogP contribution is 2.16. The number of rotatable bonds is 5. The molecule has 0 saturated carbocycles. The van der Waals surface area contributed by atoms with Gasteiger partial charge in [-0.1, -0.05) is 6.92 Å². The lowest BCUT2D eigenvalue weighted by Gasteiger charge is -2.35. The third-order valence-electron chi connectivity index (χ3n) is 5.27. The van der Waals surface area contributed by atoms with E-state index in [-0.39, 0.29) is 12.1 Å². The topological polar surface area (TPSA) is 65.1 Å². The standard InChI is InChI=1S/C20H38N4O3/c1-17-7-11-22(12-8-17)10-6-5-9-21-18(25)23-13-15-24(16-14-23)19(26)27-20(2,3)4/h17H,5-16H2,1-4H3,(H,21,25). The van der Waals surface area contributed by atoms with Crippen molar-refractivity contribution in [2.24, 2.45) is 5.92 Å². The van der Waals surface area contributed by atoms with E-state index in [0.29, 0.717) is 26.2 Å². The van der Waals surface area contributed by atoms with Crippen LogP contribution in [0.2, 0.25) is 0 Å². The molecule has 0 aliphatic carbocycles. The van der Waals surface area contributed by atoms with Crippen molar-refractivity contribution in [1.82, 2.24) is 20.0 Å². The van der Waals surface area contributed by atoms with Gasteiger partial charge >= 0.3 is 12.1 Å². The van der Waals surface area contributed by atoms with E-state index in [4.69, 9.17) is 4.74 Å². The zero-order chi connectivity index (χ0) is 19.9. The summed E-state index contributed by atoms with van der Waals surface area (Å²) >= 11 is 0. The van der Waals surface area contributed by atoms with Crippen molar-refractivity contribution in [3.8, 4) is 0 Å². The highest BCUT2D eigenvalue weighted by atomic mass is 16.6. The number of nitrogens with zero attached hydrogens (tertiary/aromatic N) is 3. The Labute approximate surface area is 164 Å². The average Bonchev–Trinajstić information content (AvgIpc) is 2.61. The first kappa shape index (κ1) is 21.8. The molecule has 7 heteroatoms. The van der Waals surface area contributed by atoms with Gasteiger partial charge in [-0.25, -0.2) is 9.59 Å². The number of hydrogen-bond donors (Lipinski definition) is 1. The van der Waals surface area contributed by atoms with E-state index in [0.717, 1.165) is 31.8 Å². The molecule has 0 aromatic carbocycles. The van der Waals surface area contributed by atoms with Crippen molar-refractivity contribution in [1.29, 1.82) is 0 Å². The summed E-state index contributed by atoms with van der Waals surface area (Å²) in [5, 5.41) is 3.01. The Morgan fingerprint density at radius 2 is 1.56 bits per heavy atom. The van der Waals surface area contributed by atoms with E-state index < -0.39 is 5.60 Å². The first-order valence-electron chi connectivity index (χ1n) is 10.5. The van der Waals surface area contributed by atoms with Crippen LogP contribution in [0.3, 0.4) is 0 Å². The third-order valence-corrected chi connectivity index (χ3v) is 5.27. The summed E-state index contributed by atoms with van der Waals surface area (Å²) in [5.74, 6) is 0.872. The zero-order valence-corrected chi connectivity index (χ0v) is 17.6. The van der Waals surface area contributed by atoms with Gasteiger partial charge in [0.2, 0.25) is 0 Å². The number of carbonyl (C=O) groups is 2. The number of likely N-dealkylation sites (tertiary alicyclic amines) is 1. The van der Waals surface area contributed by atoms with E-state index >= 15 is 0 Å². The molecule has 0 unspecified atom stereocenters. The number of carbonyl (C=O) groups excluding carboxylic acids is 2. The summed E-state index contributed by atoms with van der Waals surface area (Å²) in [6.07, 6.45) is 4.46. The van der Waals surface area contributed by atoms with Crippen LogP contribution >= 0.6 is 0 Å². The van der Waals surface area contributed by atoms with E-state index in [1.54, 1.807) is 9.80 Å². The van der Waals surface area contributed by atoms with Crippen molar-refractivity contribution >= 4 is 12.1 Å². The highest BCUT2D eigenvalue weighted by Gasteiger charge is 2.27. The maximum atomic E-state index is 12.3. The average molecular weight is 383 g/mol. The molecule has 2 aliphatic rings. The Morgan fingerprint density at radius 1 is 0.963 bits per heavy atom. The summed E-state index contributed by atoms with van der Waals surface area (Å²) < 4.78 is 5.38. The lowest BCUT2D eigenvalue weighted by molar-refractivity contribution is 0.0170. The molecule has 2 heterocycles. The van der Waals surface area contributed by atoms with Crippen molar-refractivity contribution in [3.05, 3.63) is 0 Å². The van der Waals surface area contributed by atoms with Gasteiger partial charge in [-0.15, -0.1) is 0 Å². The molecule has 0 aromatic rings. The van der Waals surface area contributed by atoms with E-state index in [9.17, 15) is 9.59 Å². The number of unbranched alkanes of at least 4 members (excludes halogenated alkanes) is 1. The molecule has 7 nitrogen and oxygen atoms in total. The lowest BCUT2D eigenvalue weighted by Crippen LogP contribution is -2.54. The molecule has 0 radical (unpaired) electrons. The Hall–Kier alpha value is -1.50. The molecule has 1 N–H and O–H groups in total. The smallest absolute Gasteiger partial charge is 0.410 e. The molecule has 156 valence electrons. The second kappa shape index (κ2) is 10.2. The molecule has 27 heavy (non-hydrogen) atoms. The summed E-state index contributed by atoms with van der Waals surface area (Å²) in [7, 11) is 0. The molecular formula is C20H38N4O3. The number of piperidine rings is 1. The van der Waals surface area contributed by atoms with Crippen LogP contribution in [0.1, 0.15) is 53.4 Å². The van der Waals surface area contributed by atoms with Crippen molar-refractivity contribution in [2.45, 2.75) is 59.0 Å². The molecular weight excluding hydrogens is 344 g/mol. The largest absolute Gasteiger partial charge is 0.444 e. The van der Waals surface area contributed by atoms with Gasteiger partial charge in [0.05, 0.1) is 0 Å².